The molecule has 6 nitrogen and oxygen atoms in total. The van der Waals surface area contributed by atoms with Gasteiger partial charge in [-0.05, 0) is 32.0 Å². The lowest BCUT2D eigenvalue weighted by atomic mass is 10.1. The Balaban J connectivity index is 1.93. The standard InChI is InChI=1S/C13H16N4O2/c1-8(18)11-4-3-10(7-12(11)14)15-6-5-13-16-9(2)17-19-13/h3-4,7,15H,5-6,14H2,1-2H3. The Morgan fingerprint density at radius 3 is 2.84 bits per heavy atom. The van der Waals surface area contributed by atoms with E-state index >= 15 is 0 Å². The van der Waals surface area contributed by atoms with Gasteiger partial charge >= 0.3 is 0 Å². The highest BCUT2D eigenvalue weighted by molar-refractivity contribution is 5.99. The molecule has 19 heavy (non-hydrogen) atoms. The van der Waals surface area contributed by atoms with Gasteiger partial charge in [0.1, 0.15) is 0 Å². The molecule has 100 valence electrons. The number of nitrogens with two attached hydrogens (primary N) is 1. The fourth-order valence-electron chi connectivity index (χ4n) is 1.75. The lowest BCUT2D eigenvalue weighted by Crippen LogP contribution is -2.07. The Bertz CT molecular complexity index is 592. The van der Waals surface area contributed by atoms with Crippen LogP contribution in [0, 0.1) is 6.92 Å². The number of carbonyl (C=O) groups excluding carboxylic acids is 1. The van der Waals surface area contributed by atoms with Crippen LogP contribution < -0.4 is 11.1 Å². The Morgan fingerprint density at radius 1 is 1.47 bits per heavy atom. The van der Waals surface area contributed by atoms with Crippen molar-refractivity contribution in [1.82, 2.24) is 10.1 Å². The summed E-state index contributed by atoms with van der Waals surface area (Å²) in [6.45, 7) is 3.93. The highest BCUT2D eigenvalue weighted by Crippen LogP contribution is 2.18. The predicted octanol–water partition coefficient (Wildman–Crippen LogP) is 1.82. The zero-order valence-electron chi connectivity index (χ0n) is 10.9. The molecule has 6 heteroatoms. The molecule has 0 saturated heterocycles. The van der Waals surface area contributed by atoms with Crippen molar-refractivity contribution in [2.75, 3.05) is 17.6 Å². The number of nitrogen functional groups attached to an aromatic ring is 1. The van der Waals surface area contributed by atoms with Crippen molar-refractivity contribution in [1.29, 1.82) is 0 Å². The van der Waals surface area contributed by atoms with E-state index < -0.39 is 0 Å². The molecule has 2 aromatic rings. The number of carbonyl (C=O) groups is 1. The van der Waals surface area contributed by atoms with E-state index in [-0.39, 0.29) is 5.78 Å². The quantitative estimate of drug-likeness (QED) is 0.629. The van der Waals surface area contributed by atoms with E-state index in [4.69, 9.17) is 10.3 Å². The molecule has 0 aliphatic carbocycles. The number of nitrogens with zero attached hydrogens (tertiary/aromatic N) is 2. The molecule has 0 radical (unpaired) electrons. The highest BCUT2D eigenvalue weighted by Gasteiger charge is 2.06. The lowest BCUT2D eigenvalue weighted by molar-refractivity contribution is 0.101. The van der Waals surface area contributed by atoms with Crippen molar-refractivity contribution in [2.24, 2.45) is 0 Å². The number of aromatic nitrogens is 2. The summed E-state index contributed by atoms with van der Waals surface area (Å²) in [6.07, 6.45) is 0.634. The molecule has 2 rings (SSSR count). The van der Waals surface area contributed by atoms with Crippen molar-refractivity contribution in [2.45, 2.75) is 20.3 Å². The van der Waals surface area contributed by atoms with Crippen LogP contribution in [-0.4, -0.2) is 22.5 Å². The Hall–Kier alpha value is -2.37. The zero-order chi connectivity index (χ0) is 13.8. The van der Waals surface area contributed by atoms with Crippen molar-refractivity contribution in [3.63, 3.8) is 0 Å². The predicted molar refractivity (Wildman–Crippen MR) is 72.1 cm³/mol. The second-order valence-corrected chi connectivity index (χ2v) is 4.27. The Morgan fingerprint density at radius 2 is 2.26 bits per heavy atom. The van der Waals surface area contributed by atoms with E-state index in [1.165, 1.54) is 6.92 Å². The molecule has 1 aromatic heterocycles. The van der Waals surface area contributed by atoms with Gasteiger partial charge in [-0.2, -0.15) is 4.98 Å². The Kier molecular flexibility index (Phi) is 3.79. The van der Waals surface area contributed by atoms with Gasteiger partial charge in [-0.25, -0.2) is 0 Å². The van der Waals surface area contributed by atoms with E-state index in [2.05, 4.69) is 15.5 Å². The van der Waals surface area contributed by atoms with Crippen LogP contribution in [0.15, 0.2) is 22.7 Å². The molecule has 3 N–H and O–H groups in total. The van der Waals surface area contributed by atoms with Crippen LogP contribution in [0.2, 0.25) is 0 Å². The summed E-state index contributed by atoms with van der Waals surface area (Å²) in [6, 6.07) is 5.29. The molecular formula is C13H16N4O2. The third-order valence-electron chi connectivity index (χ3n) is 2.67. The molecule has 0 saturated carbocycles. The maximum atomic E-state index is 11.3. The third kappa shape index (κ3) is 3.31. The first kappa shape index (κ1) is 13.1. The largest absolute Gasteiger partial charge is 0.398 e. The second kappa shape index (κ2) is 5.51. The SMILES string of the molecule is CC(=O)c1ccc(NCCc2nc(C)no2)cc1N. The average molecular weight is 260 g/mol. The summed E-state index contributed by atoms with van der Waals surface area (Å²) in [5.74, 6) is 1.19. The van der Waals surface area contributed by atoms with Gasteiger partial charge in [-0.15, -0.1) is 0 Å². The molecular weight excluding hydrogens is 244 g/mol. The van der Waals surface area contributed by atoms with Gasteiger partial charge in [0, 0.05) is 29.9 Å². The molecule has 0 bridgehead atoms. The van der Waals surface area contributed by atoms with Crippen molar-refractivity contribution >= 4 is 17.2 Å². The Labute approximate surface area is 111 Å². The van der Waals surface area contributed by atoms with E-state index in [1.807, 2.05) is 6.07 Å². The molecule has 0 fully saturated rings. The minimum absolute atomic E-state index is 0.0367. The first-order chi connectivity index (χ1) is 9.06. The number of hydrogen-bond donors (Lipinski definition) is 2. The summed E-state index contributed by atoms with van der Waals surface area (Å²) in [5.41, 5.74) is 7.68. The maximum absolute atomic E-state index is 11.3. The summed E-state index contributed by atoms with van der Waals surface area (Å²) in [5, 5.41) is 6.91. The van der Waals surface area contributed by atoms with Crippen LogP contribution in [0.3, 0.4) is 0 Å². The van der Waals surface area contributed by atoms with Gasteiger partial charge < -0.3 is 15.6 Å². The van der Waals surface area contributed by atoms with Gasteiger partial charge in [0.05, 0.1) is 0 Å². The fraction of sp³-hybridized carbons (Fsp3) is 0.308. The normalized spacial score (nSPS) is 10.4. The molecule has 1 heterocycles. The van der Waals surface area contributed by atoms with Crippen molar-refractivity contribution in [3.8, 4) is 0 Å². The van der Waals surface area contributed by atoms with Crippen molar-refractivity contribution in [3.05, 3.63) is 35.5 Å². The number of hydrogen-bond acceptors (Lipinski definition) is 6. The maximum Gasteiger partial charge on any atom is 0.228 e. The highest BCUT2D eigenvalue weighted by atomic mass is 16.5. The summed E-state index contributed by atoms with van der Waals surface area (Å²) in [7, 11) is 0. The minimum atomic E-state index is -0.0367. The molecule has 0 atom stereocenters. The number of anilines is 2. The lowest BCUT2D eigenvalue weighted by Gasteiger charge is -2.07. The monoisotopic (exact) mass is 260 g/mol. The molecule has 0 unspecified atom stereocenters. The van der Waals surface area contributed by atoms with Gasteiger partial charge in [0.25, 0.3) is 0 Å². The molecule has 0 spiro atoms. The smallest absolute Gasteiger partial charge is 0.228 e. The number of nitrogens with one attached hydrogen (secondary N) is 1. The van der Waals surface area contributed by atoms with Crippen LogP contribution in [0.1, 0.15) is 29.0 Å². The van der Waals surface area contributed by atoms with E-state index in [1.54, 1.807) is 19.1 Å². The minimum Gasteiger partial charge on any atom is -0.398 e. The van der Waals surface area contributed by atoms with Gasteiger partial charge in [0.15, 0.2) is 11.6 Å². The van der Waals surface area contributed by atoms with Crippen LogP contribution in [-0.2, 0) is 6.42 Å². The van der Waals surface area contributed by atoms with Gasteiger partial charge in [0.2, 0.25) is 5.89 Å². The second-order valence-electron chi connectivity index (χ2n) is 4.27. The molecule has 1 aromatic carbocycles. The average Bonchev–Trinajstić information content (AvgIpc) is 2.75. The third-order valence-corrected chi connectivity index (χ3v) is 2.67. The zero-order valence-corrected chi connectivity index (χ0v) is 10.9. The van der Waals surface area contributed by atoms with Gasteiger partial charge in [-0.3, -0.25) is 4.79 Å². The van der Waals surface area contributed by atoms with Gasteiger partial charge in [-0.1, -0.05) is 5.16 Å². The fourth-order valence-corrected chi connectivity index (χ4v) is 1.75. The van der Waals surface area contributed by atoms with Crippen LogP contribution in [0.5, 0.6) is 0 Å². The summed E-state index contributed by atoms with van der Waals surface area (Å²) >= 11 is 0. The molecule has 0 aliphatic rings. The number of aryl methyl sites for hydroxylation is 1. The van der Waals surface area contributed by atoms with Crippen molar-refractivity contribution < 1.29 is 9.32 Å². The van der Waals surface area contributed by atoms with E-state index in [9.17, 15) is 4.79 Å². The first-order valence-electron chi connectivity index (χ1n) is 6.00. The van der Waals surface area contributed by atoms with E-state index in [0.717, 1.165) is 5.69 Å². The van der Waals surface area contributed by atoms with Crippen LogP contribution >= 0.6 is 0 Å². The summed E-state index contributed by atoms with van der Waals surface area (Å²) in [4.78, 5) is 15.4. The number of ketones is 1. The first-order valence-corrected chi connectivity index (χ1v) is 6.00. The van der Waals surface area contributed by atoms with Crippen LogP contribution in [0.4, 0.5) is 11.4 Å². The number of benzene rings is 1. The summed E-state index contributed by atoms with van der Waals surface area (Å²) < 4.78 is 5.01. The topological polar surface area (TPSA) is 94.0 Å². The molecule has 0 amide bonds. The number of Topliss-reactive ketones (excluding diaryl/α,β-unsaturated/α-hetero) is 1. The van der Waals surface area contributed by atoms with Crippen LogP contribution in [0.25, 0.3) is 0 Å². The van der Waals surface area contributed by atoms with E-state index in [0.29, 0.717) is 35.9 Å². The number of rotatable bonds is 5. The molecule has 0 aliphatic heterocycles.